The average Bonchev–Trinajstić information content (AvgIpc) is 2.35. The molecule has 0 atom stereocenters. The van der Waals surface area contributed by atoms with Gasteiger partial charge in [-0.05, 0) is 0 Å². The van der Waals surface area contributed by atoms with Crippen molar-refractivity contribution < 1.29 is 8.42 Å². The molecule has 0 amide bonds. The monoisotopic (exact) mass is 209 g/mol. The third-order valence-electron chi connectivity index (χ3n) is 1.23. The minimum absolute atomic E-state index is 0.292. The second-order valence-corrected chi connectivity index (χ2v) is 4.76. The van der Waals surface area contributed by atoms with Gasteiger partial charge in [0.2, 0.25) is 0 Å². The largest absolute Gasteiger partial charge is 0.322 e. The summed E-state index contributed by atoms with van der Waals surface area (Å²) in [6, 6.07) is 0. The minimum atomic E-state index is -3.50. The Kier molecular flexibility index (Phi) is 2.41. The molecule has 0 aromatic carbocycles. The maximum absolute atomic E-state index is 11.3. The van der Waals surface area contributed by atoms with Gasteiger partial charge in [-0.2, -0.15) is 21.9 Å². The predicted molar refractivity (Wildman–Crippen MR) is 45.2 cm³/mol. The van der Waals surface area contributed by atoms with Crippen LogP contribution in [-0.2, 0) is 10.2 Å². The first kappa shape index (κ1) is 9.50. The first-order chi connectivity index (χ1) is 5.44. The Morgan fingerprint density at radius 3 is 2.50 bits per heavy atom. The van der Waals surface area contributed by atoms with Crippen LogP contribution in [0.5, 0.6) is 0 Å². The van der Waals surface area contributed by atoms with Gasteiger partial charge in [0.15, 0.2) is 0 Å². The summed E-state index contributed by atoms with van der Waals surface area (Å²) >= 11 is 5.50. The van der Waals surface area contributed by atoms with Gasteiger partial charge in [-0.25, -0.2) is 0 Å². The summed E-state index contributed by atoms with van der Waals surface area (Å²) in [4.78, 5) is 0. The maximum atomic E-state index is 11.3. The molecule has 0 unspecified atom stereocenters. The molecule has 0 aliphatic heterocycles. The molecule has 0 aliphatic rings. The van der Waals surface area contributed by atoms with Crippen LogP contribution >= 0.6 is 11.6 Å². The maximum Gasteiger partial charge on any atom is 0.322 e. The number of halogens is 1. The SMILES string of the molecule is CN(C)S(=O)(=O)n1cc(Cl)cn1. The van der Waals surface area contributed by atoms with Crippen molar-refractivity contribution in [2.75, 3.05) is 14.1 Å². The summed E-state index contributed by atoms with van der Waals surface area (Å²) in [7, 11) is -0.659. The van der Waals surface area contributed by atoms with Gasteiger partial charge >= 0.3 is 10.2 Å². The Balaban J connectivity index is 3.15. The van der Waals surface area contributed by atoms with Crippen LogP contribution in [-0.4, -0.2) is 36.0 Å². The Bertz CT molecular complexity index is 370. The topological polar surface area (TPSA) is 55.2 Å². The third kappa shape index (κ3) is 1.60. The van der Waals surface area contributed by atoms with E-state index >= 15 is 0 Å². The molecule has 1 heterocycles. The molecule has 0 fully saturated rings. The molecule has 5 nitrogen and oxygen atoms in total. The summed E-state index contributed by atoms with van der Waals surface area (Å²) in [6.45, 7) is 0. The second kappa shape index (κ2) is 3.04. The highest BCUT2D eigenvalue weighted by molar-refractivity contribution is 7.87. The van der Waals surface area contributed by atoms with Gasteiger partial charge in [0.25, 0.3) is 0 Å². The molecule has 1 aromatic heterocycles. The Labute approximate surface area is 75.7 Å². The van der Waals surface area contributed by atoms with Gasteiger partial charge in [0.1, 0.15) is 0 Å². The summed E-state index contributed by atoms with van der Waals surface area (Å²) < 4.78 is 24.5. The second-order valence-electron chi connectivity index (χ2n) is 2.32. The molecule has 0 saturated heterocycles. The molecule has 0 saturated carbocycles. The zero-order valence-corrected chi connectivity index (χ0v) is 8.17. The van der Waals surface area contributed by atoms with Gasteiger partial charge in [0, 0.05) is 14.1 Å². The van der Waals surface area contributed by atoms with Gasteiger partial charge in [-0.15, -0.1) is 0 Å². The standard InChI is InChI=1S/C5H8ClN3O2S/c1-8(2)12(10,11)9-4-5(6)3-7-9/h3-4H,1-2H3. The van der Waals surface area contributed by atoms with Crippen molar-refractivity contribution >= 4 is 21.8 Å². The number of hydrogen-bond donors (Lipinski definition) is 0. The van der Waals surface area contributed by atoms with E-state index in [-0.39, 0.29) is 0 Å². The van der Waals surface area contributed by atoms with E-state index in [0.717, 1.165) is 8.39 Å². The van der Waals surface area contributed by atoms with E-state index in [1.54, 1.807) is 0 Å². The predicted octanol–water partition coefficient (Wildman–Crippen LogP) is 0.191. The van der Waals surface area contributed by atoms with Crippen LogP contribution in [0.1, 0.15) is 0 Å². The van der Waals surface area contributed by atoms with Crippen LogP contribution in [0.3, 0.4) is 0 Å². The fourth-order valence-electron chi connectivity index (χ4n) is 0.578. The summed E-state index contributed by atoms with van der Waals surface area (Å²) in [5.74, 6) is 0. The Hall–Kier alpha value is -0.590. The van der Waals surface area contributed by atoms with Crippen LogP contribution in [0.15, 0.2) is 12.4 Å². The molecule has 0 aliphatic carbocycles. The molecule has 0 bridgehead atoms. The molecule has 7 heteroatoms. The lowest BCUT2D eigenvalue weighted by Crippen LogP contribution is -2.29. The van der Waals surface area contributed by atoms with E-state index in [4.69, 9.17) is 11.6 Å². The fraction of sp³-hybridized carbons (Fsp3) is 0.400. The smallest absolute Gasteiger partial charge is 0.189 e. The zero-order valence-electron chi connectivity index (χ0n) is 6.60. The van der Waals surface area contributed by atoms with Gasteiger partial charge in [-0.1, -0.05) is 11.6 Å². The highest BCUT2D eigenvalue weighted by Crippen LogP contribution is 2.07. The van der Waals surface area contributed by atoms with E-state index in [9.17, 15) is 8.42 Å². The Morgan fingerprint density at radius 2 is 2.17 bits per heavy atom. The first-order valence-electron chi connectivity index (χ1n) is 3.08. The molecular formula is C5H8ClN3O2S. The molecular weight excluding hydrogens is 202 g/mol. The van der Waals surface area contributed by atoms with E-state index in [0.29, 0.717) is 5.02 Å². The zero-order chi connectivity index (χ0) is 9.35. The molecule has 1 rings (SSSR count). The lowest BCUT2D eigenvalue weighted by atomic mass is 10.8. The fourth-order valence-corrected chi connectivity index (χ4v) is 1.52. The van der Waals surface area contributed by atoms with Crippen molar-refractivity contribution in [2.24, 2.45) is 0 Å². The van der Waals surface area contributed by atoms with Crippen molar-refractivity contribution in [3.8, 4) is 0 Å². The summed E-state index contributed by atoms with van der Waals surface area (Å²) in [5.41, 5.74) is 0. The number of nitrogens with zero attached hydrogens (tertiary/aromatic N) is 3. The van der Waals surface area contributed by atoms with Crippen LogP contribution in [0.25, 0.3) is 0 Å². The van der Waals surface area contributed by atoms with Gasteiger partial charge in [0.05, 0.1) is 17.4 Å². The lowest BCUT2D eigenvalue weighted by Gasteiger charge is -2.09. The quantitative estimate of drug-likeness (QED) is 0.699. The van der Waals surface area contributed by atoms with Crippen LogP contribution < -0.4 is 0 Å². The lowest BCUT2D eigenvalue weighted by molar-refractivity contribution is 0.504. The number of rotatable bonds is 2. The number of aromatic nitrogens is 2. The molecule has 12 heavy (non-hydrogen) atoms. The van der Waals surface area contributed by atoms with Crippen molar-refractivity contribution in [1.82, 2.24) is 13.5 Å². The van der Waals surface area contributed by atoms with Crippen molar-refractivity contribution in [3.05, 3.63) is 17.4 Å². The van der Waals surface area contributed by atoms with E-state index in [1.807, 2.05) is 0 Å². The summed E-state index contributed by atoms with van der Waals surface area (Å²) in [6.07, 6.45) is 2.50. The Morgan fingerprint density at radius 1 is 1.58 bits per heavy atom. The molecule has 1 aromatic rings. The van der Waals surface area contributed by atoms with E-state index < -0.39 is 10.2 Å². The first-order valence-corrected chi connectivity index (χ1v) is 4.85. The van der Waals surface area contributed by atoms with Gasteiger partial charge < -0.3 is 0 Å². The van der Waals surface area contributed by atoms with Crippen LogP contribution in [0, 0.1) is 0 Å². The highest BCUT2D eigenvalue weighted by atomic mass is 35.5. The van der Waals surface area contributed by atoms with Crippen LogP contribution in [0.2, 0.25) is 5.02 Å². The van der Waals surface area contributed by atoms with Crippen molar-refractivity contribution in [1.29, 1.82) is 0 Å². The van der Waals surface area contributed by atoms with Crippen LogP contribution in [0.4, 0.5) is 0 Å². The summed E-state index contributed by atoms with van der Waals surface area (Å²) in [5, 5.41) is 3.86. The number of hydrogen-bond acceptors (Lipinski definition) is 3. The molecule has 68 valence electrons. The van der Waals surface area contributed by atoms with E-state index in [1.165, 1.54) is 26.5 Å². The minimum Gasteiger partial charge on any atom is -0.189 e. The molecule has 0 N–H and O–H groups in total. The third-order valence-corrected chi connectivity index (χ3v) is 3.02. The average molecular weight is 210 g/mol. The molecule has 0 spiro atoms. The van der Waals surface area contributed by atoms with Gasteiger partial charge in [-0.3, -0.25) is 0 Å². The highest BCUT2D eigenvalue weighted by Gasteiger charge is 2.16. The normalized spacial score (nSPS) is 12.3. The van der Waals surface area contributed by atoms with Crippen molar-refractivity contribution in [2.45, 2.75) is 0 Å². The van der Waals surface area contributed by atoms with Crippen molar-refractivity contribution in [3.63, 3.8) is 0 Å². The molecule has 0 radical (unpaired) electrons. The van der Waals surface area contributed by atoms with E-state index in [2.05, 4.69) is 5.10 Å².